The minimum Gasteiger partial charge on any atom is -0.274 e. The summed E-state index contributed by atoms with van der Waals surface area (Å²) in [5.74, 6) is -2.57. The average Bonchev–Trinajstić information content (AvgIpc) is 3.06. The SMILES string of the molecule is O=C1[C@H]2C3c4ccccc4C(Br)(c4ccccc43)[C@H]2C(=O)N1c1ccc(Cl)cc1[N+](=O)[O-]. The number of benzene rings is 3. The molecule has 4 aliphatic rings. The first kappa shape index (κ1) is 19.6. The predicted molar refractivity (Wildman–Crippen MR) is 122 cm³/mol. The van der Waals surface area contributed by atoms with Gasteiger partial charge < -0.3 is 0 Å². The number of nitrogens with zero attached hydrogens (tertiary/aromatic N) is 2. The number of hydrogen-bond donors (Lipinski definition) is 0. The molecule has 0 N–H and O–H groups in total. The molecule has 0 saturated carbocycles. The van der Waals surface area contributed by atoms with E-state index in [1.165, 1.54) is 18.2 Å². The lowest BCUT2D eigenvalue weighted by atomic mass is 9.55. The van der Waals surface area contributed by atoms with Crippen molar-refractivity contribution in [3.63, 3.8) is 0 Å². The Hall–Kier alpha value is -3.03. The Morgan fingerprint density at radius 1 is 0.938 bits per heavy atom. The summed E-state index contributed by atoms with van der Waals surface area (Å²) in [6, 6.07) is 19.6. The van der Waals surface area contributed by atoms with E-state index in [2.05, 4.69) is 15.9 Å². The fraction of sp³-hybridized carbons (Fsp3) is 0.167. The number of alkyl halides is 1. The summed E-state index contributed by atoms with van der Waals surface area (Å²) >= 11 is 9.87. The number of carbonyl (C=O) groups excluding carboxylic acids is 2. The van der Waals surface area contributed by atoms with E-state index in [0.717, 1.165) is 27.2 Å². The van der Waals surface area contributed by atoms with Crippen LogP contribution in [-0.4, -0.2) is 16.7 Å². The van der Waals surface area contributed by atoms with Crippen molar-refractivity contribution in [3.8, 4) is 0 Å². The van der Waals surface area contributed by atoms with Crippen LogP contribution in [-0.2, 0) is 13.9 Å². The Bertz CT molecular complexity index is 1330. The van der Waals surface area contributed by atoms with Gasteiger partial charge in [0.05, 0.1) is 21.1 Å². The third-order valence-corrected chi connectivity index (χ3v) is 8.47. The maximum atomic E-state index is 13.8. The summed E-state index contributed by atoms with van der Waals surface area (Å²) in [7, 11) is 0. The fourth-order valence-electron chi connectivity index (χ4n) is 5.75. The van der Waals surface area contributed by atoms with Crippen molar-refractivity contribution >= 4 is 50.7 Å². The van der Waals surface area contributed by atoms with Gasteiger partial charge in [-0.1, -0.05) is 76.1 Å². The van der Waals surface area contributed by atoms with Crippen LogP contribution in [0.3, 0.4) is 0 Å². The maximum absolute atomic E-state index is 13.8. The molecule has 2 bridgehead atoms. The first-order valence-corrected chi connectivity index (χ1v) is 11.2. The molecule has 7 rings (SSSR count). The summed E-state index contributed by atoms with van der Waals surface area (Å²) in [5.41, 5.74) is 3.49. The van der Waals surface area contributed by atoms with Crippen LogP contribution < -0.4 is 4.90 Å². The lowest BCUT2D eigenvalue weighted by Gasteiger charge is -2.51. The van der Waals surface area contributed by atoms with Crippen molar-refractivity contribution in [1.29, 1.82) is 0 Å². The Morgan fingerprint density at radius 3 is 2.12 bits per heavy atom. The molecule has 1 aliphatic heterocycles. The first-order valence-electron chi connectivity index (χ1n) is 10.0. The quantitative estimate of drug-likeness (QED) is 0.207. The molecule has 0 spiro atoms. The molecule has 8 heteroatoms. The third kappa shape index (κ3) is 2.25. The molecule has 6 nitrogen and oxygen atoms in total. The molecule has 2 atom stereocenters. The van der Waals surface area contributed by atoms with Crippen LogP contribution >= 0.6 is 27.5 Å². The van der Waals surface area contributed by atoms with E-state index in [9.17, 15) is 19.7 Å². The number of anilines is 1. The number of nitro benzene ring substituents is 1. The zero-order chi connectivity index (χ0) is 22.4. The maximum Gasteiger partial charge on any atom is 0.294 e. The van der Waals surface area contributed by atoms with E-state index >= 15 is 0 Å². The number of carbonyl (C=O) groups is 2. The molecular formula is C24H14BrClN2O4. The van der Waals surface area contributed by atoms with Gasteiger partial charge in [0.25, 0.3) is 5.69 Å². The van der Waals surface area contributed by atoms with Gasteiger partial charge in [-0.25, -0.2) is 4.90 Å². The van der Waals surface area contributed by atoms with E-state index in [1.807, 2.05) is 48.5 Å². The van der Waals surface area contributed by atoms with Gasteiger partial charge in [-0.15, -0.1) is 0 Å². The summed E-state index contributed by atoms with van der Waals surface area (Å²) in [5, 5.41) is 11.9. The zero-order valence-corrected chi connectivity index (χ0v) is 18.7. The van der Waals surface area contributed by atoms with Crippen molar-refractivity contribution in [1.82, 2.24) is 0 Å². The molecule has 2 amide bonds. The number of hydrogen-bond acceptors (Lipinski definition) is 4. The lowest BCUT2D eigenvalue weighted by molar-refractivity contribution is -0.384. The van der Waals surface area contributed by atoms with Gasteiger partial charge in [0.2, 0.25) is 11.8 Å². The second-order valence-corrected chi connectivity index (χ2v) is 9.96. The highest BCUT2D eigenvalue weighted by Gasteiger charge is 2.68. The molecule has 32 heavy (non-hydrogen) atoms. The summed E-state index contributed by atoms with van der Waals surface area (Å²) in [4.78, 5) is 39.7. The van der Waals surface area contributed by atoms with E-state index in [-0.39, 0.29) is 22.3 Å². The van der Waals surface area contributed by atoms with Gasteiger partial charge >= 0.3 is 0 Å². The minimum absolute atomic E-state index is 0.0487. The topological polar surface area (TPSA) is 80.5 Å². The molecule has 1 fully saturated rings. The van der Waals surface area contributed by atoms with Crippen molar-refractivity contribution < 1.29 is 14.5 Å². The van der Waals surface area contributed by atoms with Gasteiger partial charge in [0.15, 0.2) is 0 Å². The Morgan fingerprint density at radius 2 is 1.53 bits per heavy atom. The number of imide groups is 1. The third-order valence-electron chi connectivity index (χ3n) is 6.89. The van der Waals surface area contributed by atoms with Gasteiger partial charge in [-0.05, 0) is 34.4 Å². The highest BCUT2D eigenvalue weighted by molar-refractivity contribution is 9.09. The Balaban J connectivity index is 1.61. The molecule has 1 saturated heterocycles. The molecule has 3 aromatic rings. The van der Waals surface area contributed by atoms with Crippen molar-refractivity contribution in [2.45, 2.75) is 10.2 Å². The monoisotopic (exact) mass is 508 g/mol. The number of halogens is 2. The van der Waals surface area contributed by atoms with E-state index in [4.69, 9.17) is 11.6 Å². The van der Waals surface area contributed by atoms with Gasteiger partial charge in [0.1, 0.15) is 5.69 Å². The van der Waals surface area contributed by atoms with E-state index in [0.29, 0.717) is 0 Å². The second kappa shape index (κ2) is 6.49. The number of nitro groups is 1. The van der Waals surface area contributed by atoms with Gasteiger partial charge in [0, 0.05) is 17.0 Å². The minimum atomic E-state index is -0.900. The molecule has 0 radical (unpaired) electrons. The molecular weight excluding hydrogens is 496 g/mol. The van der Waals surface area contributed by atoms with Crippen LogP contribution in [0.5, 0.6) is 0 Å². The molecule has 158 valence electrons. The standard InChI is InChI=1S/C24H14BrClN2O4/c25-24-15-7-3-1-5-13(15)19(14-6-2-4-8-16(14)24)20-21(24)23(30)27(22(20)29)17-10-9-12(26)11-18(17)28(31)32/h1-11,19-21H/t19?,20-,21+,24?/m0/s1. The number of rotatable bonds is 2. The Labute approximate surface area is 196 Å². The predicted octanol–water partition coefficient (Wildman–Crippen LogP) is 5.15. The normalized spacial score (nSPS) is 27.2. The zero-order valence-electron chi connectivity index (χ0n) is 16.4. The average molecular weight is 510 g/mol. The van der Waals surface area contributed by atoms with Gasteiger partial charge in [-0.3, -0.25) is 19.7 Å². The van der Waals surface area contributed by atoms with Crippen LogP contribution in [0.4, 0.5) is 11.4 Å². The molecule has 1 heterocycles. The fourth-order valence-corrected chi connectivity index (χ4v) is 7.12. The number of amides is 2. The Kier molecular flexibility index (Phi) is 3.99. The van der Waals surface area contributed by atoms with Crippen LogP contribution in [0, 0.1) is 22.0 Å². The molecule has 3 aromatic carbocycles. The largest absolute Gasteiger partial charge is 0.294 e. The van der Waals surface area contributed by atoms with Crippen LogP contribution in [0.1, 0.15) is 28.2 Å². The second-order valence-electron chi connectivity index (χ2n) is 8.27. The van der Waals surface area contributed by atoms with Crippen LogP contribution in [0.25, 0.3) is 0 Å². The van der Waals surface area contributed by atoms with E-state index in [1.54, 1.807) is 0 Å². The molecule has 0 unspecified atom stereocenters. The highest BCUT2D eigenvalue weighted by Crippen LogP contribution is 2.66. The molecule has 3 aliphatic carbocycles. The summed E-state index contributed by atoms with van der Waals surface area (Å²) < 4.78 is -0.900. The van der Waals surface area contributed by atoms with Crippen molar-refractivity contribution in [2.75, 3.05) is 4.90 Å². The highest BCUT2D eigenvalue weighted by atomic mass is 79.9. The smallest absolute Gasteiger partial charge is 0.274 e. The van der Waals surface area contributed by atoms with Gasteiger partial charge in [-0.2, -0.15) is 0 Å². The lowest BCUT2D eigenvalue weighted by Crippen LogP contribution is -2.50. The van der Waals surface area contributed by atoms with Crippen LogP contribution in [0.2, 0.25) is 5.02 Å². The summed E-state index contributed by atoms with van der Waals surface area (Å²) in [6.07, 6.45) is 0. The first-order chi connectivity index (χ1) is 15.4. The summed E-state index contributed by atoms with van der Waals surface area (Å²) in [6.45, 7) is 0. The van der Waals surface area contributed by atoms with Crippen LogP contribution in [0.15, 0.2) is 66.7 Å². The van der Waals surface area contributed by atoms with Crippen molar-refractivity contribution in [3.05, 3.63) is 104 Å². The van der Waals surface area contributed by atoms with E-state index < -0.39 is 32.9 Å². The van der Waals surface area contributed by atoms with Crippen molar-refractivity contribution in [2.24, 2.45) is 11.8 Å². The molecule has 0 aromatic heterocycles.